The normalized spacial score (nSPS) is 24.1. The summed E-state index contributed by atoms with van der Waals surface area (Å²) in [6.45, 7) is 6.32. The van der Waals surface area contributed by atoms with Gasteiger partial charge in [-0.2, -0.15) is 0 Å². The van der Waals surface area contributed by atoms with Crippen molar-refractivity contribution < 1.29 is 52.2 Å². The Balaban J connectivity index is 1.13. The molecule has 0 bridgehead atoms. The van der Waals surface area contributed by atoms with Crippen LogP contribution in [0, 0.1) is 0 Å². The molecule has 10 atom stereocenters. The largest absolute Gasteiger partial charge is 0.458 e. The van der Waals surface area contributed by atoms with Crippen LogP contribution in [-0.4, -0.2) is 91.6 Å². The van der Waals surface area contributed by atoms with Crippen LogP contribution < -0.4 is 11.1 Å². The predicted molar refractivity (Wildman–Crippen MR) is 275 cm³/mol. The van der Waals surface area contributed by atoms with Gasteiger partial charge in [0.05, 0.1) is 45.7 Å². The van der Waals surface area contributed by atoms with Crippen molar-refractivity contribution in [1.29, 1.82) is 0 Å². The van der Waals surface area contributed by atoms with Crippen molar-refractivity contribution in [2.45, 2.75) is 127 Å². The monoisotopic (exact) mass is 992 g/mol. The van der Waals surface area contributed by atoms with E-state index in [4.69, 9.17) is 48.4 Å². The number of hydrogen-bond donors (Lipinski definition) is 2. The van der Waals surface area contributed by atoms with E-state index in [0.717, 1.165) is 33.4 Å². The molecule has 2 saturated heterocycles. The van der Waals surface area contributed by atoms with Gasteiger partial charge in [-0.15, -0.1) is 0 Å². The minimum Gasteiger partial charge on any atom is -0.458 e. The fourth-order valence-electron chi connectivity index (χ4n) is 8.99. The van der Waals surface area contributed by atoms with Crippen LogP contribution in [0.4, 0.5) is 0 Å². The van der Waals surface area contributed by atoms with Gasteiger partial charge in [0.1, 0.15) is 48.3 Å². The molecule has 0 saturated carbocycles. The van der Waals surface area contributed by atoms with Gasteiger partial charge in [-0.05, 0) is 54.2 Å². The third kappa shape index (κ3) is 15.5. The van der Waals surface area contributed by atoms with Crippen LogP contribution in [0.3, 0.4) is 0 Å². The van der Waals surface area contributed by atoms with Crippen molar-refractivity contribution in [1.82, 2.24) is 5.32 Å². The molecule has 0 aliphatic carbocycles. The quantitative estimate of drug-likeness (QED) is 0.0592. The minimum absolute atomic E-state index is 0.0172. The molecule has 13 heteroatoms. The van der Waals surface area contributed by atoms with Gasteiger partial charge in [0.2, 0.25) is 0 Å². The molecule has 6 aromatic rings. The number of hydrogen-bond acceptors (Lipinski definition) is 12. The second-order valence-electron chi connectivity index (χ2n) is 19.3. The first-order valence-corrected chi connectivity index (χ1v) is 25.1. The molecule has 8 rings (SSSR count). The Morgan fingerprint density at radius 3 is 1.04 bits per heavy atom. The standard InChI is InChI=1S/C60H68N2O11/c1-60(2,3)73-59(64)57-55(70-41-47-32-20-9-21-33-47)53(68-39-45-28-16-7-17-29-45)51(66-37-43-24-12-5-13-25-43)49(72-57)35-62-58(63)56-54(69-40-46-30-18-8-19-31-46)52(67-38-44-26-14-6-15-27-44)50(48(34-61)71-56)65-36-42-22-10-4-11-23-42/h4-33,48-57H,34-41,61H2,1-3H3,(H,62,63)/t48-,49-,50-,51-,52+,53+,54-,55-,56-,57-/m1/s1. The van der Waals surface area contributed by atoms with Gasteiger partial charge in [-0.25, -0.2) is 4.79 Å². The molecule has 1 amide bonds. The SMILES string of the molecule is CC(C)(C)OC(=O)[C@@H]1O[C@H](CNC(=O)[C@@H]2O[C@H](CN)[C@@H](OCc3ccccc3)[C@H](OCc3ccccc3)[C@H]2OCc2ccccc2)[C@@H](OCc2ccccc2)[C@H](OCc2ccccc2)[C@H]1OCc1ccccc1. The maximum Gasteiger partial charge on any atom is 0.338 e. The Bertz CT molecular complexity index is 2540. The zero-order valence-corrected chi connectivity index (χ0v) is 41.8. The topological polar surface area (TPSA) is 155 Å². The summed E-state index contributed by atoms with van der Waals surface area (Å²) in [7, 11) is 0. The Kier molecular flexibility index (Phi) is 19.5. The van der Waals surface area contributed by atoms with E-state index >= 15 is 4.79 Å². The van der Waals surface area contributed by atoms with E-state index in [2.05, 4.69) is 5.32 Å². The molecular weight excluding hydrogens is 925 g/mol. The molecule has 0 spiro atoms. The summed E-state index contributed by atoms with van der Waals surface area (Å²) in [6.07, 6.45) is -9.65. The number of esters is 1. The first kappa shape index (κ1) is 53.2. The summed E-state index contributed by atoms with van der Waals surface area (Å²) in [4.78, 5) is 29.6. The Hall–Kier alpha value is -6.10. The third-order valence-electron chi connectivity index (χ3n) is 12.6. The molecule has 2 heterocycles. The van der Waals surface area contributed by atoms with Crippen LogP contribution in [0.1, 0.15) is 54.2 Å². The van der Waals surface area contributed by atoms with E-state index < -0.39 is 78.5 Å². The lowest BCUT2D eigenvalue weighted by atomic mass is 9.92. The fraction of sp³-hybridized carbons (Fsp3) is 0.367. The summed E-state index contributed by atoms with van der Waals surface area (Å²) in [5, 5.41) is 3.13. The number of nitrogens with one attached hydrogen (secondary N) is 1. The van der Waals surface area contributed by atoms with E-state index in [-0.39, 0.29) is 52.7 Å². The average Bonchev–Trinajstić information content (AvgIpc) is 3.42. The maximum atomic E-state index is 15.1. The zero-order valence-electron chi connectivity index (χ0n) is 41.8. The smallest absolute Gasteiger partial charge is 0.338 e. The van der Waals surface area contributed by atoms with E-state index in [0.29, 0.717) is 0 Å². The first-order valence-electron chi connectivity index (χ1n) is 25.1. The lowest BCUT2D eigenvalue weighted by molar-refractivity contribution is -0.268. The van der Waals surface area contributed by atoms with Gasteiger partial charge in [0.15, 0.2) is 12.2 Å². The molecule has 73 heavy (non-hydrogen) atoms. The molecule has 2 aliphatic rings. The number of carbonyl (C=O) groups excluding carboxylic acids is 2. The minimum atomic E-state index is -1.30. The summed E-state index contributed by atoms with van der Waals surface area (Å²) < 4.78 is 60.2. The number of rotatable bonds is 23. The number of ether oxygens (including phenoxy) is 9. The Morgan fingerprint density at radius 1 is 0.425 bits per heavy atom. The summed E-state index contributed by atoms with van der Waals surface area (Å²) >= 11 is 0. The van der Waals surface area contributed by atoms with Crippen molar-refractivity contribution in [2.24, 2.45) is 5.73 Å². The molecule has 13 nitrogen and oxygen atoms in total. The number of nitrogens with two attached hydrogens (primary N) is 1. The van der Waals surface area contributed by atoms with Gasteiger partial charge in [0.25, 0.3) is 5.91 Å². The van der Waals surface area contributed by atoms with Gasteiger partial charge >= 0.3 is 5.97 Å². The van der Waals surface area contributed by atoms with Crippen LogP contribution >= 0.6 is 0 Å². The fourth-order valence-corrected chi connectivity index (χ4v) is 8.99. The molecular formula is C60H68N2O11. The van der Waals surface area contributed by atoms with E-state index in [1.54, 1.807) is 20.8 Å². The highest BCUT2D eigenvalue weighted by Gasteiger charge is 2.54. The van der Waals surface area contributed by atoms with Crippen molar-refractivity contribution in [3.8, 4) is 0 Å². The molecule has 3 N–H and O–H groups in total. The molecule has 384 valence electrons. The summed E-state index contributed by atoms with van der Waals surface area (Å²) in [6, 6.07) is 58.4. The summed E-state index contributed by atoms with van der Waals surface area (Å²) in [5.41, 5.74) is 11.1. The number of amides is 1. The highest BCUT2D eigenvalue weighted by molar-refractivity contribution is 5.82. The van der Waals surface area contributed by atoms with Gasteiger partial charge < -0.3 is 53.7 Å². The van der Waals surface area contributed by atoms with E-state index in [1.807, 2.05) is 182 Å². The van der Waals surface area contributed by atoms with Crippen LogP contribution in [0.25, 0.3) is 0 Å². The highest BCUT2D eigenvalue weighted by atomic mass is 16.6. The van der Waals surface area contributed by atoms with Crippen LogP contribution in [0.15, 0.2) is 182 Å². The third-order valence-corrected chi connectivity index (χ3v) is 12.6. The second-order valence-corrected chi connectivity index (χ2v) is 19.3. The van der Waals surface area contributed by atoms with Crippen LogP contribution in [-0.2, 0) is 91.9 Å². The van der Waals surface area contributed by atoms with Crippen molar-refractivity contribution in [3.63, 3.8) is 0 Å². The molecule has 0 aromatic heterocycles. The molecule has 0 radical (unpaired) electrons. The summed E-state index contributed by atoms with van der Waals surface area (Å²) in [5.74, 6) is -1.16. The van der Waals surface area contributed by atoms with Gasteiger partial charge in [-0.3, -0.25) is 4.79 Å². The molecule has 0 unspecified atom stereocenters. The zero-order chi connectivity index (χ0) is 50.8. The van der Waals surface area contributed by atoms with Gasteiger partial charge in [-0.1, -0.05) is 182 Å². The number of benzene rings is 6. The molecule has 2 fully saturated rings. The van der Waals surface area contributed by atoms with Gasteiger partial charge in [0, 0.05) is 13.1 Å². The Morgan fingerprint density at radius 2 is 0.712 bits per heavy atom. The van der Waals surface area contributed by atoms with Crippen LogP contribution in [0.5, 0.6) is 0 Å². The van der Waals surface area contributed by atoms with E-state index in [9.17, 15) is 4.79 Å². The maximum absolute atomic E-state index is 15.1. The molecule has 6 aromatic carbocycles. The highest BCUT2D eigenvalue weighted by Crippen LogP contribution is 2.34. The second kappa shape index (κ2) is 26.7. The average molecular weight is 993 g/mol. The van der Waals surface area contributed by atoms with Crippen LogP contribution in [0.2, 0.25) is 0 Å². The lowest BCUT2D eigenvalue weighted by Crippen LogP contribution is -2.66. The first-order chi connectivity index (χ1) is 35.6. The lowest BCUT2D eigenvalue weighted by Gasteiger charge is -2.47. The van der Waals surface area contributed by atoms with Crippen molar-refractivity contribution in [3.05, 3.63) is 215 Å². The molecule has 2 aliphatic heterocycles. The Labute approximate surface area is 429 Å². The van der Waals surface area contributed by atoms with E-state index in [1.165, 1.54) is 0 Å². The van der Waals surface area contributed by atoms with Crippen molar-refractivity contribution in [2.75, 3.05) is 13.1 Å². The van der Waals surface area contributed by atoms with Crippen molar-refractivity contribution >= 4 is 11.9 Å². The predicted octanol–water partition coefficient (Wildman–Crippen LogP) is 8.45. The number of carbonyl (C=O) groups is 2.